The van der Waals surface area contributed by atoms with Crippen LogP contribution in [-0.4, -0.2) is 22.7 Å². The van der Waals surface area contributed by atoms with E-state index in [1.54, 1.807) is 0 Å². The average molecular weight is 517 g/mol. The first-order valence-corrected chi connectivity index (χ1v) is 13.6. The van der Waals surface area contributed by atoms with Gasteiger partial charge in [-0.25, -0.2) is 0 Å². The van der Waals surface area contributed by atoms with Crippen molar-refractivity contribution in [1.82, 2.24) is 0 Å². The summed E-state index contributed by atoms with van der Waals surface area (Å²) in [5, 5.41) is 0.338. The first kappa shape index (κ1) is 29.1. The molecule has 192 valence electrons. The van der Waals surface area contributed by atoms with E-state index >= 15 is 0 Å². The summed E-state index contributed by atoms with van der Waals surface area (Å²) in [6, 6.07) is 19.0. The maximum Gasteiger partial charge on any atom is 0.358 e. The van der Waals surface area contributed by atoms with Crippen LogP contribution in [0, 0.1) is 11.8 Å². The summed E-state index contributed by atoms with van der Waals surface area (Å²) in [5.41, 5.74) is 0. The number of hydrogen-bond acceptors (Lipinski definition) is 6. The third kappa shape index (κ3) is 11.9. The summed E-state index contributed by atoms with van der Waals surface area (Å²) >= 11 is 10.8. The Labute approximate surface area is 222 Å². The second-order valence-corrected chi connectivity index (χ2v) is 9.96. The Morgan fingerprint density at radius 2 is 1.17 bits per heavy atom. The highest BCUT2D eigenvalue weighted by molar-refractivity contribution is 7.80. The summed E-state index contributed by atoms with van der Waals surface area (Å²) in [4.78, 5) is 0. The van der Waals surface area contributed by atoms with E-state index in [0.29, 0.717) is 17.4 Å². The summed E-state index contributed by atoms with van der Waals surface area (Å²) in [6.07, 6.45) is 7.39. The summed E-state index contributed by atoms with van der Waals surface area (Å²) < 4.78 is 23.6. The van der Waals surface area contributed by atoms with E-state index in [1.807, 2.05) is 60.7 Å². The number of benzene rings is 2. The van der Waals surface area contributed by atoms with Gasteiger partial charge in [0.2, 0.25) is 0 Å². The SMILES string of the molecule is CCCCCC[C@@H](OC(=S)Oc1ccccc1)[C@H](C)CCC(OC(=S)Oc1ccccc1)C(C)C. The molecule has 0 aliphatic carbocycles. The predicted octanol–water partition coefficient (Wildman–Crippen LogP) is 8.53. The summed E-state index contributed by atoms with van der Waals surface area (Å²) in [6.45, 7) is 8.72. The van der Waals surface area contributed by atoms with Crippen LogP contribution < -0.4 is 9.47 Å². The molecule has 4 nitrogen and oxygen atoms in total. The number of hydrogen-bond donors (Lipinski definition) is 0. The van der Waals surface area contributed by atoms with Gasteiger partial charge in [0.15, 0.2) is 0 Å². The molecule has 0 radical (unpaired) electrons. The first-order valence-electron chi connectivity index (χ1n) is 12.8. The zero-order chi connectivity index (χ0) is 25.5. The maximum atomic E-state index is 6.17. The quantitative estimate of drug-likeness (QED) is 0.185. The van der Waals surface area contributed by atoms with Crippen LogP contribution in [0.5, 0.6) is 11.5 Å². The van der Waals surface area contributed by atoms with Crippen molar-refractivity contribution in [1.29, 1.82) is 0 Å². The van der Waals surface area contributed by atoms with Crippen molar-refractivity contribution in [2.75, 3.05) is 0 Å². The lowest BCUT2D eigenvalue weighted by atomic mass is 9.91. The van der Waals surface area contributed by atoms with E-state index in [1.165, 1.54) is 19.3 Å². The molecule has 0 aliphatic heterocycles. The van der Waals surface area contributed by atoms with Gasteiger partial charge in [0.1, 0.15) is 23.7 Å². The zero-order valence-electron chi connectivity index (χ0n) is 21.5. The Kier molecular flexibility index (Phi) is 13.7. The van der Waals surface area contributed by atoms with Gasteiger partial charge in [-0.1, -0.05) is 83.4 Å². The topological polar surface area (TPSA) is 36.9 Å². The van der Waals surface area contributed by atoms with Crippen molar-refractivity contribution >= 4 is 34.9 Å². The van der Waals surface area contributed by atoms with E-state index in [-0.39, 0.29) is 28.6 Å². The van der Waals surface area contributed by atoms with Crippen molar-refractivity contribution < 1.29 is 18.9 Å². The van der Waals surface area contributed by atoms with Gasteiger partial charge in [-0.15, -0.1) is 0 Å². The molecule has 1 unspecified atom stereocenters. The second kappa shape index (κ2) is 16.5. The standard InChI is InChI=1S/C29H40O4S2/c1-5-6-7-14-19-27(33-29(35)31-25-17-12-9-13-18-25)23(4)20-21-26(22(2)3)32-28(34)30-24-15-10-8-11-16-24/h8-13,15-18,22-23,26-27H,5-7,14,19-21H2,1-4H3/t23-,26?,27-/m1/s1. The Bertz CT molecular complexity index is 858. The molecule has 0 saturated carbocycles. The van der Waals surface area contributed by atoms with Crippen LogP contribution in [-0.2, 0) is 9.47 Å². The smallest absolute Gasteiger partial charge is 0.358 e. The van der Waals surface area contributed by atoms with Gasteiger partial charge in [-0.05, 0) is 61.8 Å². The van der Waals surface area contributed by atoms with Crippen molar-refractivity contribution in [3.05, 3.63) is 60.7 Å². The molecule has 0 aromatic heterocycles. The van der Waals surface area contributed by atoms with Crippen LogP contribution in [0.1, 0.15) is 72.6 Å². The third-order valence-electron chi connectivity index (χ3n) is 6.01. The van der Waals surface area contributed by atoms with Gasteiger partial charge in [-0.2, -0.15) is 0 Å². The van der Waals surface area contributed by atoms with E-state index in [2.05, 4.69) is 27.7 Å². The lowest BCUT2D eigenvalue weighted by Crippen LogP contribution is -2.30. The largest absolute Gasteiger partial charge is 0.453 e. The van der Waals surface area contributed by atoms with Gasteiger partial charge in [0.25, 0.3) is 0 Å². The number of rotatable bonds is 14. The lowest BCUT2D eigenvalue weighted by molar-refractivity contribution is 0.0665. The molecule has 0 spiro atoms. The first-order chi connectivity index (χ1) is 16.9. The van der Waals surface area contributed by atoms with Crippen LogP contribution in [0.2, 0.25) is 0 Å². The molecule has 35 heavy (non-hydrogen) atoms. The fraction of sp³-hybridized carbons (Fsp3) is 0.517. The van der Waals surface area contributed by atoms with E-state index in [9.17, 15) is 0 Å². The molecular weight excluding hydrogens is 476 g/mol. The Morgan fingerprint density at radius 1 is 0.657 bits per heavy atom. The van der Waals surface area contributed by atoms with E-state index in [4.69, 9.17) is 43.4 Å². The van der Waals surface area contributed by atoms with Crippen LogP contribution in [0.15, 0.2) is 60.7 Å². The Hall–Kier alpha value is -2.18. The number of ether oxygens (including phenoxy) is 4. The van der Waals surface area contributed by atoms with Crippen molar-refractivity contribution in [2.45, 2.75) is 84.8 Å². The predicted molar refractivity (Wildman–Crippen MR) is 151 cm³/mol. The molecule has 0 amide bonds. The summed E-state index contributed by atoms with van der Waals surface area (Å²) in [7, 11) is 0. The van der Waals surface area contributed by atoms with Crippen molar-refractivity contribution in [3.8, 4) is 11.5 Å². The molecule has 3 atom stereocenters. The Morgan fingerprint density at radius 3 is 1.66 bits per heavy atom. The third-order valence-corrected chi connectivity index (χ3v) is 6.37. The van der Waals surface area contributed by atoms with E-state index in [0.717, 1.165) is 25.7 Å². The molecule has 0 aliphatic rings. The molecule has 0 saturated heterocycles. The molecule has 2 rings (SSSR count). The number of unbranched alkanes of at least 4 members (excludes halogenated alkanes) is 3. The highest BCUT2D eigenvalue weighted by atomic mass is 32.1. The zero-order valence-corrected chi connectivity index (χ0v) is 23.1. The van der Waals surface area contributed by atoms with E-state index < -0.39 is 0 Å². The van der Waals surface area contributed by atoms with Crippen LogP contribution in [0.4, 0.5) is 0 Å². The molecular formula is C29H40O4S2. The molecule has 2 aromatic rings. The summed E-state index contributed by atoms with van der Waals surface area (Å²) in [5.74, 6) is 1.95. The van der Waals surface area contributed by atoms with Crippen molar-refractivity contribution in [3.63, 3.8) is 0 Å². The highest BCUT2D eigenvalue weighted by Gasteiger charge is 2.25. The normalized spacial score (nSPS) is 13.5. The van der Waals surface area contributed by atoms with Gasteiger partial charge in [0.05, 0.1) is 0 Å². The van der Waals surface area contributed by atoms with Crippen LogP contribution in [0.3, 0.4) is 0 Å². The number of para-hydroxylation sites is 2. The molecule has 0 fully saturated rings. The second-order valence-electron chi connectivity index (χ2n) is 9.29. The molecule has 2 aromatic carbocycles. The van der Waals surface area contributed by atoms with Gasteiger partial charge in [0, 0.05) is 24.4 Å². The van der Waals surface area contributed by atoms with Gasteiger partial charge in [-0.3, -0.25) is 0 Å². The maximum absolute atomic E-state index is 6.17. The molecule has 0 heterocycles. The minimum absolute atomic E-state index is 0.0107. The van der Waals surface area contributed by atoms with Gasteiger partial charge >= 0.3 is 10.5 Å². The molecule has 6 heteroatoms. The van der Waals surface area contributed by atoms with Gasteiger partial charge < -0.3 is 18.9 Å². The molecule has 0 bridgehead atoms. The molecule has 0 N–H and O–H groups in total. The highest BCUT2D eigenvalue weighted by Crippen LogP contribution is 2.25. The lowest BCUT2D eigenvalue weighted by Gasteiger charge is -2.28. The number of thiocarbonyl (C=S) groups is 2. The van der Waals surface area contributed by atoms with Crippen LogP contribution >= 0.6 is 24.4 Å². The minimum atomic E-state index is -0.0399. The average Bonchev–Trinajstić information content (AvgIpc) is 2.84. The monoisotopic (exact) mass is 516 g/mol. The Balaban J connectivity index is 1.92. The fourth-order valence-corrected chi connectivity index (χ4v) is 4.28. The van der Waals surface area contributed by atoms with Crippen LogP contribution in [0.25, 0.3) is 0 Å². The minimum Gasteiger partial charge on any atom is -0.453 e. The van der Waals surface area contributed by atoms with Crippen molar-refractivity contribution in [2.24, 2.45) is 11.8 Å². The fourth-order valence-electron chi connectivity index (χ4n) is 3.84.